The lowest BCUT2D eigenvalue weighted by molar-refractivity contribution is -0.147. The number of rotatable bonds is 19. The van der Waals surface area contributed by atoms with Crippen LogP contribution in [0.4, 0.5) is 0 Å². The Morgan fingerprint density at radius 2 is 0.930 bits per heavy atom. The van der Waals surface area contributed by atoms with Gasteiger partial charge < -0.3 is 18.9 Å². The van der Waals surface area contributed by atoms with Gasteiger partial charge in [-0.1, -0.05) is 168 Å². The maximum absolute atomic E-state index is 14.2. The average molecular weight is 849 g/mol. The van der Waals surface area contributed by atoms with E-state index in [2.05, 4.69) is 38.1 Å². The Morgan fingerprint density at radius 1 is 0.526 bits per heavy atom. The van der Waals surface area contributed by atoms with Crippen molar-refractivity contribution in [2.45, 2.75) is 119 Å². The molecule has 3 aromatic carbocycles. The number of esters is 4. The van der Waals surface area contributed by atoms with E-state index in [9.17, 15) is 19.2 Å². The third-order valence-corrected chi connectivity index (χ3v) is 14.8. The first-order valence-electron chi connectivity index (χ1n) is 20.0. The van der Waals surface area contributed by atoms with Gasteiger partial charge in [-0.05, 0) is 50.7 Å². The topological polar surface area (TPSA) is 105 Å². The van der Waals surface area contributed by atoms with Gasteiger partial charge in [0.25, 0.3) is 0 Å². The molecule has 0 N–H and O–H groups in total. The van der Waals surface area contributed by atoms with Crippen LogP contribution in [0.2, 0.25) is 0 Å². The lowest BCUT2D eigenvalue weighted by atomic mass is 9.99. The molecule has 0 fully saturated rings. The second-order valence-electron chi connectivity index (χ2n) is 13.6. The Morgan fingerprint density at radius 3 is 1.32 bits per heavy atom. The van der Waals surface area contributed by atoms with Crippen LogP contribution in [0.5, 0.6) is 11.5 Å². The monoisotopic (exact) mass is 848 g/mol. The Hall–Kier alpha value is -3.58. The number of carbonyl (C=O) groups excluding carboxylic acids is 4. The highest BCUT2D eigenvalue weighted by molar-refractivity contribution is 8.26. The molecule has 0 saturated carbocycles. The minimum atomic E-state index is -0.819. The number of unbranched alkanes of at least 4 members (excludes halogenated alkanes) is 3. The van der Waals surface area contributed by atoms with Crippen LogP contribution in [0.25, 0.3) is 5.57 Å². The zero-order valence-corrected chi connectivity index (χ0v) is 36.9. The molecule has 0 saturated heterocycles. The van der Waals surface area contributed by atoms with Crippen LogP contribution in [0, 0.1) is 11.8 Å². The number of thioether (sulfide) groups is 4. The fraction of sp³-hybridized carbons (Fsp3) is 0.422. The molecule has 0 bridgehead atoms. The van der Waals surface area contributed by atoms with E-state index in [0.29, 0.717) is 61.0 Å². The van der Waals surface area contributed by atoms with Crippen molar-refractivity contribution in [3.8, 4) is 11.5 Å². The zero-order chi connectivity index (χ0) is 40.9. The summed E-state index contributed by atoms with van der Waals surface area (Å²) < 4.78 is 24.9. The van der Waals surface area contributed by atoms with Crippen LogP contribution in [-0.4, -0.2) is 37.1 Å². The SMILES string of the molecule is CCCCCC(CC)C(=O)Oc1c2c(c(OC(=O)C(CC)CCCC)c3c1SC(=C(c1ccccc1)c1ccccc1)S3)SC(=C(C(=O)OCC)C(=O)OCC)S2. The summed E-state index contributed by atoms with van der Waals surface area (Å²) in [4.78, 5) is 57.4. The Labute approximate surface area is 354 Å². The molecule has 304 valence electrons. The largest absolute Gasteiger partial charge is 0.462 e. The van der Waals surface area contributed by atoms with E-state index in [1.165, 1.54) is 23.5 Å². The van der Waals surface area contributed by atoms with Crippen molar-refractivity contribution in [1.82, 2.24) is 0 Å². The molecule has 2 aliphatic rings. The van der Waals surface area contributed by atoms with Crippen molar-refractivity contribution < 1.29 is 38.1 Å². The normalized spacial score (nSPS) is 14.0. The van der Waals surface area contributed by atoms with Crippen LogP contribution in [0.15, 0.2) is 94.3 Å². The highest BCUT2D eigenvalue weighted by atomic mass is 32.2. The van der Waals surface area contributed by atoms with Crippen molar-refractivity contribution in [2.75, 3.05) is 13.2 Å². The van der Waals surface area contributed by atoms with Crippen molar-refractivity contribution in [2.24, 2.45) is 11.8 Å². The average Bonchev–Trinajstić information content (AvgIpc) is 3.85. The summed E-state index contributed by atoms with van der Waals surface area (Å²) >= 11 is 5.20. The van der Waals surface area contributed by atoms with E-state index in [-0.39, 0.29) is 42.6 Å². The molecular formula is C45H52O8S4. The van der Waals surface area contributed by atoms with E-state index in [1.807, 2.05) is 50.2 Å². The summed E-state index contributed by atoms with van der Waals surface area (Å²) in [6.45, 7) is 11.6. The second kappa shape index (κ2) is 22.0. The number of ether oxygens (including phenoxy) is 4. The van der Waals surface area contributed by atoms with E-state index in [4.69, 9.17) is 18.9 Å². The van der Waals surface area contributed by atoms with Crippen LogP contribution in [-0.2, 0) is 28.7 Å². The minimum Gasteiger partial charge on any atom is -0.462 e. The second-order valence-corrected chi connectivity index (χ2v) is 18.2. The molecule has 0 aromatic heterocycles. The van der Waals surface area contributed by atoms with Crippen molar-refractivity contribution in [3.05, 3.63) is 85.8 Å². The Bertz CT molecular complexity index is 1910. The van der Waals surface area contributed by atoms with E-state index in [1.54, 1.807) is 13.8 Å². The first-order chi connectivity index (χ1) is 27.7. The van der Waals surface area contributed by atoms with Gasteiger partial charge >= 0.3 is 23.9 Å². The van der Waals surface area contributed by atoms with Gasteiger partial charge in [0.15, 0.2) is 17.1 Å². The quantitative estimate of drug-likeness (QED) is 0.0286. The summed E-state index contributed by atoms with van der Waals surface area (Å²) in [7, 11) is 0. The first-order valence-corrected chi connectivity index (χ1v) is 23.3. The fourth-order valence-electron chi connectivity index (χ4n) is 6.50. The van der Waals surface area contributed by atoms with Gasteiger partial charge in [-0.25, -0.2) is 9.59 Å². The number of benzene rings is 3. The lowest BCUT2D eigenvalue weighted by Gasteiger charge is -2.20. The van der Waals surface area contributed by atoms with Gasteiger partial charge in [0.05, 0.1) is 53.1 Å². The molecular weight excluding hydrogens is 797 g/mol. The van der Waals surface area contributed by atoms with E-state index in [0.717, 1.165) is 76.6 Å². The van der Waals surface area contributed by atoms with Crippen LogP contribution in [0.3, 0.4) is 0 Å². The maximum atomic E-state index is 14.2. The van der Waals surface area contributed by atoms with Gasteiger partial charge in [0.1, 0.15) is 0 Å². The molecule has 57 heavy (non-hydrogen) atoms. The summed E-state index contributed by atoms with van der Waals surface area (Å²) in [5.41, 5.74) is 2.75. The van der Waals surface area contributed by atoms with Crippen LogP contribution >= 0.6 is 47.0 Å². The van der Waals surface area contributed by atoms with Crippen LogP contribution < -0.4 is 9.47 Å². The number of carbonyl (C=O) groups is 4. The highest BCUT2D eigenvalue weighted by Gasteiger charge is 2.42. The molecule has 2 aliphatic heterocycles. The molecule has 0 amide bonds. The standard InChI is InChI=1S/C45H52O8S4/c1-7-13-17-23-29(10-4)41(47)53-35-37-36(54-44(55-37)32(30-24-18-15-19-25-30)31-26-20-16-21-27-31)34(52-40(46)28(9-3)22-14-8-2)38-39(35)57-45(56-38)33(42(48)50-11-5)43(49)51-12-6/h15-16,18-21,24-29H,7-14,17,22-23H2,1-6H3. The summed E-state index contributed by atoms with van der Waals surface area (Å²) in [5.74, 6) is -2.35. The van der Waals surface area contributed by atoms with Crippen molar-refractivity contribution in [3.63, 3.8) is 0 Å². The molecule has 3 aromatic rings. The minimum absolute atomic E-state index is 0.0531. The number of hydrogen-bond acceptors (Lipinski definition) is 12. The van der Waals surface area contributed by atoms with Gasteiger partial charge in [0, 0.05) is 5.57 Å². The molecule has 5 rings (SSSR count). The number of hydrogen-bond donors (Lipinski definition) is 0. The maximum Gasteiger partial charge on any atom is 0.347 e. The molecule has 2 unspecified atom stereocenters. The smallest absolute Gasteiger partial charge is 0.347 e. The van der Waals surface area contributed by atoms with Gasteiger partial charge in [-0.2, -0.15) is 0 Å². The lowest BCUT2D eigenvalue weighted by Crippen LogP contribution is -2.22. The summed E-state index contributed by atoms with van der Waals surface area (Å²) in [6.07, 6.45) is 7.37. The van der Waals surface area contributed by atoms with Crippen molar-refractivity contribution >= 4 is 76.5 Å². The third-order valence-electron chi connectivity index (χ3n) is 9.63. The van der Waals surface area contributed by atoms with E-state index < -0.39 is 11.9 Å². The predicted molar refractivity (Wildman–Crippen MR) is 232 cm³/mol. The molecule has 0 aliphatic carbocycles. The fourth-order valence-corrected chi connectivity index (χ4v) is 12.1. The predicted octanol–water partition coefficient (Wildman–Crippen LogP) is 12.5. The van der Waals surface area contributed by atoms with Gasteiger partial charge in [-0.3, -0.25) is 9.59 Å². The molecule has 8 nitrogen and oxygen atoms in total. The first kappa shape index (κ1) is 44.5. The number of fused-ring (bicyclic) bond motifs is 2. The molecule has 12 heteroatoms. The van der Waals surface area contributed by atoms with Crippen molar-refractivity contribution in [1.29, 1.82) is 0 Å². The molecule has 2 atom stereocenters. The third kappa shape index (κ3) is 10.7. The molecule has 2 heterocycles. The highest BCUT2D eigenvalue weighted by Crippen LogP contribution is 2.69. The van der Waals surface area contributed by atoms with Gasteiger partial charge in [0.2, 0.25) is 0 Å². The van der Waals surface area contributed by atoms with Gasteiger partial charge in [-0.15, -0.1) is 0 Å². The summed E-state index contributed by atoms with van der Waals surface area (Å²) in [6, 6.07) is 20.2. The van der Waals surface area contributed by atoms with Crippen LogP contribution in [0.1, 0.15) is 110 Å². The molecule has 0 radical (unpaired) electrons. The summed E-state index contributed by atoms with van der Waals surface area (Å²) in [5, 5.41) is 0. The van der Waals surface area contributed by atoms with E-state index >= 15 is 0 Å². The zero-order valence-electron chi connectivity index (χ0n) is 33.6. The molecule has 0 spiro atoms. The Balaban J connectivity index is 1.78. The Kier molecular flexibility index (Phi) is 17.2.